The zero-order valence-corrected chi connectivity index (χ0v) is 11.2. The summed E-state index contributed by atoms with van der Waals surface area (Å²) in [5, 5.41) is 12.4. The molecule has 2 rings (SSSR count). The lowest BCUT2D eigenvalue weighted by molar-refractivity contribution is 0.232. The largest absolute Gasteiger partial charge is 0.384 e. The predicted molar refractivity (Wildman–Crippen MR) is 72.3 cm³/mol. The molecule has 0 aromatic carbocycles. The number of nitrogens with zero attached hydrogens (tertiary/aromatic N) is 3. The van der Waals surface area contributed by atoms with E-state index in [2.05, 4.69) is 20.9 Å². The van der Waals surface area contributed by atoms with Gasteiger partial charge in [-0.2, -0.15) is 5.26 Å². The van der Waals surface area contributed by atoms with Crippen LogP contribution >= 0.6 is 0 Å². The fourth-order valence-electron chi connectivity index (χ4n) is 2.50. The zero-order valence-electron chi connectivity index (χ0n) is 11.2. The topological polar surface area (TPSA) is 70.0 Å². The van der Waals surface area contributed by atoms with Gasteiger partial charge in [-0.15, -0.1) is 0 Å². The minimum absolute atomic E-state index is 0.614. The van der Waals surface area contributed by atoms with E-state index in [1.165, 1.54) is 0 Å². The van der Waals surface area contributed by atoms with Gasteiger partial charge in [0.05, 0.1) is 5.56 Å². The lowest BCUT2D eigenvalue weighted by Gasteiger charge is -2.27. The maximum atomic E-state index is 9.09. The van der Waals surface area contributed by atoms with E-state index in [-0.39, 0.29) is 0 Å². The third kappa shape index (κ3) is 2.35. The Hall–Kier alpha value is -1.51. The number of nitrogens with one attached hydrogen (secondary N) is 1. The fraction of sp³-hybridized carbons (Fsp3) is 0.615. The summed E-state index contributed by atoms with van der Waals surface area (Å²) in [5.74, 6) is 0.614. The minimum Gasteiger partial charge on any atom is -0.384 e. The smallest absolute Gasteiger partial charge is 0.122 e. The highest BCUT2D eigenvalue weighted by Crippen LogP contribution is 2.23. The van der Waals surface area contributed by atoms with Gasteiger partial charge in [0.25, 0.3) is 0 Å². The molecule has 1 aliphatic heterocycles. The van der Waals surface area contributed by atoms with Gasteiger partial charge >= 0.3 is 0 Å². The van der Waals surface area contributed by atoms with E-state index in [9.17, 15) is 0 Å². The summed E-state index contributed by atoms with van der Waals surface area (Å²) in [6.45, 7) is 10.1. The SMILES string of the molecule is Cc1c(C#N)c(N)n(CCN2CCNCC2)c1C. The summed E-state index contributed by atoms with van der Waals surface area (Å²) in [7, 11) is 0. The highest BCUT2D eigenvalue weighted by Gasteiger charge is 2.16. The Balaban J connectivity index is 2.07. The number of hydrogen-bond donors (Lipinski definition) is 2. The molecule has 98 valence electrons. The average molecular weight is 247 g/mol. The Morgan fingerprint density at radius 3 is 2.50 bits per heavy atom. The highest BCUT2D eigenvalue weighted by atomic mass is 15.2. The summed E-state index contributed by atoms with van der Waals surface area (Å²) in [4.78, 5) is 2.43. The molecule has 3 N–H and O–H groups in total. The van der Waals surface area contributed by atoms with Gasteiger partial charge in [-0.05, 0) is 19.4 Å². The Morgan fingerprint density at radius 1 is 1.28 bits per heavy atom. The number of piperazine rings is 1. The molecular formula is C13H21N5. The van der Waals surface area contributed by atoms with Crippen molar-refractivity contribution in [2.24, 2.45) is 0 Å². The minimum atomic E-state index is 0.614. The van der Waals surface area contributed by atoms with Gasteiger partial charge in [0.15, 0.2) is 0 Å². The van der Waals surface area contributed by atoms with Crippen LogP contribution in [0.5, 0.6) is 0 Å². The van der Waals surface area contributed by atoms with E-state index >= 15 is 0 Å². The Kier molecular flexibility index (Phi) is 3.90. The van der Waals surface area contributed by atoms with Crippen LogP contribution in [-0.2, 0) is 6.54 Å². The number of nitriles is 1. The third-order valence-corrected chi connectivity index (χ3v) is 3.83. The van der Waals surface area contributed by atoms with Crippen LogP contribution in [0.4, 0.5) is 5.82 Å². The van der Waals surface area contributed by atoms with Crippen molar-refractivity contribution in [3.63, 3.8) is 0 Å². The number of nitrogen functional groups attached to an aromatic ring is 1. The van der Waals surface area contributed by atoms with Crippen molar-refractivity contribution >= 4 is 5.82 Å². The molecular weight excluding hydrogens is 226 g/mol. The van der Waals surface area contributed by atoms with Gasteiger partial charge < -0.3 is 15.6 Å². The fourth-order valence-corrected chi connectivity index (χ4v) is 2.50. The molecule has 0 radical (unpaired) electrons. The van der Waals surface area contributed by atoms with E-state index in [1.54, 1.807) is 0 Å². The first kappa shape index (κ1) is 12.9. The van der Waals surface area contributed by atoms with Gasteiger partial charge in [-0.3, -0.25) is 4.90 Å². The van der Waals surface area contributed by atoms with Crippen LogP contribution in [0, 0.1) is 25.2 Å². The average Bonchev–Trinajstić information content (AvgIpc) is 2.60. The van der Waals surface area contributed by atoms with Crippen LogP contribution < -0.4 is 11.1 Å². The number of hydrogen-bond acceptors (Lipinski definition) is 4. The van der Waals surface area contributed by atoms with Gasteiger partial charge in [0.2, 0.25) is 0 Å². The molecule has 0 spiro atoms. The highest BCUT2D eigenvalue weighted by molar-refractivity contribution is 5.57. The summed E-state index contributed by atoms with van der Waals surface area (Å²) < 4.78 is 2.07. The van der Waals surface area contributed by atoms with Crippen molar-refractivity contribution in [2.45, 2.75) is 20.4 Å². The zero-order chi connectivity index (χ0) is 13.1. The maximum Gasteiger partial charge on any atom is 0.122 e. The number of nitrogens with two attached hydrogens (primary N) is 1. The third-order valence-electron chi connectivity index (χ3n) is 3.83. The Morgan fingerprint density at radius 2 is 1.94 bits per heavy atom. The second kappa shape index (κ2) is 5.42. The normalized spacial score (nSPS) is 16.7. The molecule has 5 heteroatoms. The molecule has 0 unspecified atom stereocenters. The van der Waals surface area contributed by atoms with Gasteiger partial charge in [0, 0.05) is 45.0 Å². The van der Waals surface area contributed by atoms with Gasteiger partial charge in [-0.25, -0.2) is 0 Å². The van der Waals surface area contributed by atoms with E-state index in [1.807, 2.05) is 13.8 Å². The molecule has 0 bridgehead atoms. The van der Waals surface area contributed by atoms with Crippen molar-refractivity contribution in [1.29, 1.82) is 5.26 Å². The van der Waals surface area contributed by atoms with Crippen LogP contribution in [0.15, 0.2) is 0 Å². The molecule has 0 aliphatic carbocycles. The second-order valence-electron chi connectivity index (χ2n) is 4.83. The van der Waals surface area contributed by atoms with Crippen molar-refractivity contribution in [2.75, 3.05) is 38.5 Å². The summed E-state index contributed by atoms with van der Waals surface area (Å²) in [5.41, 5.74) is 8.79. The molecule has 18 heavy (non-hydrogen) atoms. The molecule has 1 aromatic heterocycles. The maximum absolute atomic E-state index is 9.09. The van der Waals surface area contributed by atoms with Crippen molar-refractivity contribution in [3.05, 3.63) is 16.8 Å². The molecule has 1 aliphatic rings. The summed E-state index contributed by atoms with van der Waals surface area (Å²) in [6.07, 6.45) is 0. The second-order valence-corrected chi connectivity index (χ2v) is 4.83. The van der Waals surface area contributed by atoms with E-state index < -0.39 is 0 Å². The molecule has 2 heterocycles. The standard InChI is InChI=1S/C13H21N5/c1-10-11(2)18(13(15)12(10)9-14)8-7-17-5-3-16-4-6-17/h16H,3-8,15H2,1-2H3. The molecule has 1 aromatic rings. The van der Waals surface area contributed by atoms with Crippen LogP contribution in [-0.4, -0.2) is 42.2 Å². The molecule has 1 fully saturated rings. The van der Waals surface area contributed by atoms with E-state index in [0.717, 1.165) is 50.5 Å². The number of anilines is 1. The Labute approximate surface area is 108 Å². The Bertz CT molecular complexity index is 463. The first-order chi connectivity index (χ1) is 8.65. The van der Waals surface area contributed by atoms with E-state index in [0.29, 0.717) is 11.4 Å². The van der Waals surface area contributed by atoms with E-state index in [4.69, 9.17) is 11.0 Å². The van der Waals surface area contributed by atoms with Gasteiger partial charge in [-0.1, -0.05) is 0 Å². The lowest BCUT2D eigenvalue weighted by atomic mass is 10.2. The monoisotopic (exact) mass is 247 g/mol. The number of aromatic nitrogens is 1. The first-order valence-corrected chi connectivity index (χ1v) is 6.43. The number of rotatable bonds is 3. The quantitative estimate of drug-likeness (QED) is 0.814. The van der Waals surface area contributed by atoms with Crippen LogP contribution in [0.2, 0.25) is 0 Å². The molecule has 0 amide bonds. The molecule has 5 nitrogen and oxygen atoms in total. The van der Waals surface area contributed by atoms with Crippen molar-refractivity contribution in [3.8, 4) is 6.07 Å². The molecule has 0 atom stereocenters. The van der Waals surface area contributed by atoms with Crippen molar-refractivity contribution < 1.29 is 0 Å². The lowest BCUT2D eigenvalue weighted by Crippen LogP contribution is -2.44. The summed E-state index contributed by atoms with van der Waals surface area (Å²) in [6, 6.07) is 2.19. The van der Waals surface area contributed by atoms with Crippen molar-refractivity contribution in [1.82, 2.24) is 14.8 Å². The van der Waals surface area contributed by atoms with Crippen LogP contribution in [0.3, 0.4) is 0 Å². The van der Waals surface area contributed by atoms with Gasteiger partial charge in [0.1, 0.15) is 11.9 Å². The molecule has 1 saturated heterocycles. The summed E-state index contributed by atoms with van der Waals surface area (Å²) >= 11 is 0. The van der Waals surface area contributed by atoms with Crippen LogP contribution in [0.25, 0.3) is 0 Å². The molecule has 0 saturated carbocycles. The predicted octanol–water partition coefficient (Wildman–Crippen LogP) is 0.464. The van der Waals surface area contributed by atoms with Crippen LogP contribution in [0.1, 0.15) is 16.8 Å². The first-order valence-electron chi connectivity index (χ1n) is 6.43.